The molecule has 108 valence electrons. The van der Waals surface area contributed by atoms with E-state index in [1.807, 2.05) is 0 Å². The average Bonchev–Trinajstić information content (AvgIpc) is 2.47. The highest BCUT2D eigenvalue weighted by molar-refractivity contribution is 5.97. The van der Waals surface area contributed by atoms with E-state index in [-0.39, 0.29) is 12.4 Å². The van der Waals surface area contributed by atoms with Crippen molar-refractivity contribution in [3.8, 4) is 6.07 Å². The van der Waals surface area contributed by atoms with E-state index in [1.54, 1.807) is 38.4 Å². The van der Waals surface area contributed by atoms with E-state index >= 15 is 0 Å². The molecule has 1 aliphatic heterocycles. The summed E-state index contributed by atoms with van der Waals surface area (Å²) in [4.78, 5) is 20.3. The van der Waals surface area contributed by atoms with Gasteiger partial charge in [-0.15, -0.1) is 0 Å². The Hall–Kier alpha value is -2.68. The van der Waals surface area contributed by atoms with Crippen molar-refractivity contribution < 1.29 is 9.53 Å². The first kappa shape index (κ1) is 14.7. The zero-order valence-electron chi connectivity index (χ0n) is 11.9. The van der Waals surface area contributed by atoms with Gasteiger partial charge in [-0.1, -0.05) is 0 Å². The van der Waals surface area contributed by atoms with E-state index in [0.717, 1.165) is 5.56 Å². The maximum atomic E-state index is 12.2. The smallest absolute Gasteiger partial charge is 0.336 e. The second-order valence-corrected chi connectivity index (χ2v) is 4.62. The summed E-state index contributed by atoms with van der Waals surface area (Å²) in [5, 5.41) is 9.41. The fourth-order valence-electron chi connectivity index (χ4n) is 2.44. The molecule has 21 heavy (non-hydrogen) atoms. The minimum absolute atomic E-state index is 0.213. The number of nitrogens with two attached hydrogens (primary N) is 1. The lowest BCUT2D eigenvalue weighted by atomic mass is 9.78. The Balaban J connectivity index is 2.57. The molecule has 0 bridgehead atoms. The molecule has 1 aromatic rings. The zero-order valence-corrected chi connectivity index (χ0v) is 11.9. The van der Waals surface area contributed by atoms with Crippen LogP contribution in [0.1, 0.15) is 25.3 Å². The molecule has 0 radical (unpaired) electrons. The number of carbonyl (C=O) groups is 1. The van der Waals surface area contributed by atoms with Crippen molar-refractivity contribution in [1.82, 2.24) is 4.98 Å². The summed E-state index contributed by atoms with van der Waals surface area (Å²) in [7, 11) is 0. The normalized spacial score (nSPS) is 21.5. The van der Waals surface area contributed by atoms with Crippen molar-refractivity contribution in [3.05, 3.63) is 41.4 Å². The van der Waals surface area contributed by atoms with Gasteiger partial charge in [-0.3, -0.25) is 4.98 Å². The second-order valence-electron chi connectivity index (χ2n) is 4.62. The molecule has 1 aromatic heterocycles. The molecular weight excluding hydrogens is 268 g/mol. The van der Waals surface area contributed by atoms with Crippen LogP contribution < -0.4 is 5.73 Å². The molecule has 1 unspecified atom stereocenters. The monoisotopic (exact) mass is 284 g/mol. The maximum absolute atomic E-state index is 12.2. The summed E-state index contributed by atoms with van der Waals surface area (Å²) < 4.78 is 5.10. The number of esters is 1. The summed E-state index contributed by atoms with van der Waals surface area (Å²) in [6, 6.07) is 5.66. The molecule has 6 nitrogen and oxygen atoms in total. The predicted molar refractivity (Wildman–Crippen MR) is 77.0 cm³/mol. The predicted octanol–water partition coefficient (Wildman–Crippen LogP) is 1.51. The van der Waals surface area contributed by atoms with Crippen molar-refractivity contribution >= 4 is 11.8 Å². The Morgan fingerprint density at radius 1 is 1.48 bits per heavy atom. The highest BCUT2D eigenvalue weighted by Crippen LogP contribution is 2.37. The molecule has 0 aromatic carbocycles. The maximum Gasteiger partial charge on any atom is 0.336 e. The molecule has 2 atom stereocenters. The van der Waals surface area contributed by atoms with Crippen LogP contribution in [-0.4, -0.2) is 23.4 Å². The van der Waals surface area contributed by atoms with Crippen molar-refractivity contribution in [1.29, 1.82) is 5.26 Å². The van der Waals surface area contributed by atoms with Gasteiger partial charge < -0.3 is 10.5 Å². The number of rotatable bonds is 3. The van der Waals surface area contributed by atoms with E-state index in [2.05, 4.69) is 16.0 Å². The molecule has 2 heterocycles. The summed E-state index contributed by atoms with van der Waals surface area (Å²) in [6.07, 6.45) is 3.23. The van der Waals surface area contributed by atoms with E-state index < -0.39 is 17.8 Å². The zero-order chi connectivity index (χ0) is 15.4. The summed E-state index contributed by atoms with van der Waals surface area (Å²) >= 11 is 0. The van der Waals surface area contributed by atoms with Gasteiger partial charge in [0.25, 0.3) is 0 Å². The molecule has 2 N–H and O–H groups in total. The molecule has 0 fully saturated rings. The van der Waals surface area contributed by atoms with Crippen LogP contribution in [0.2, 0.25) is 0 Å². The van der Waals surface area contributed by atoms with E-state index in [4.69, 9.17) is 10.5 Å². The van der Waals surface area contributed by atoms with Crippen molar-refractivity contribution in [2.75, 3.05) is 6.61 Å². The third-order valence-corrected chi connectivity index (χ3v) is 3.35. The number of nitriles is 1. The second kappa shape index (κ2) is 6.18. The minimum Gasteiger partial charge on any atom is -0.463 e. The summed E-state index contributed by atoms with van der Waals surface area (Å²) in [6.45, 7) is 3.69. The Morgan fingerprint density at radius 3 is 2.71 bits per heavy atom. The number of nitrogens with zero attached hydrogens (tertiary/aromatic N) is 3. The lowest BCUT2D eigenvalue weighted by Crippen LogP contribution is -2.35. The molecule has 0 spiro atoms. The Labute approximate surface area is 123 Å². The number of hydrogen-bond acceptors (Lipinski definition) is 6. The van der Waals surface area contributed by atoms with Crippen LogP contribution in [0.5, 0.6) is 0 Å². The van der Waals surface area contributed by atoms with Gasteiger partial charge >= 0.3 is 5.97 Å². The summed E-state index contributed by atoms with van der Waals surface area (Å²) in [5.74, 6) is -1.44. The van der Waals surface area contributed by atoms with Gasteiger partial charge in [0.05, 0.1) is 23.9 Å². The lowest BCUT2D eigenvalue weighted by Gasteiger charge is -2.28. The number of ether oxygens (including phenoxy) is 1. The van der Waals surface area contributed by atoms with Gasteiger partial charge in [0.1, 0.15) is 11.8 Å². The molecule has 0 aliphatic carbocycles. The number of amidine groups is 1. The quantitative estimate of drug-likeness (QED) is 0.848. The van der Waals surface area contributed by atoms with Gasteiger partial charge in [-0.25, -0.2) is 9.79 Å². The first-order valence-electron chi connectivity index (χ1n) is 6.61. The minimum atomic E-state index is -0.699. The third-order valence-electron chi connectivity index (χ3n) is 3.35. The van der Waals surface area contributed by atoms with E-state index in [0.29, 0.717) is 11.3 Å². The van der Waals surface area contributed by atoms with Crippen LogP contribution in [0.15, 0.2) is 40.8 Å². The standard InChI is InChI=1S/C15H16N4O2/c1-3-21-15(20)12-9(2)19-14(17)11(8-16)13(12)10-4-6-18-7-5-10/h4-7,11,13H,3H2,1-2H3,(H2,17,19)/t11?,13-/m0/s1. The number of hydrogen-bond donors (Lipinski definition) is 1. The van der Waals surface area contributed by atoms with Gasteiger partial charge in [0.2, 0.25) is 0 Å². The molecule has 0 amide bonds. The number of aromatic nitrogens is 1. The van der Waals surface area contributed by atoms with Crippen molar-refractivity contribution in [2.45, 2.75) is 19.8 Å². The number of allylic oxidation sites excluding steroid dienone is 1. The van der Waals surface area contributed by atoms with Crippen LogP contribution in [0.25, 0.3) is 0 Å². The van der Waals surface area contributed by atoms with Crippen molar-refractivity contribution in [3.63, 3.8) is 0 Å². The number of pyridine rings is 1. The Morgan fingerprint density at radius 2 is 2.14 bits per heavy atom. The first-order valence-corrected chi connectivity index (χ1v) is 6.61. The molecule has 0 saturated carbocycles. The Bertz CT molecular complexity index is 643. The van der Waals surface area contributed by atoms with Crippen LogP contribution in [0, 0.1) is 17.2 Å². The van der Waals surface area contributed by atoms with Crippen LogP contribution >= 0.6 is 0 Å². The Kier molecular flexibility index (Phi) is 4.33. The topological polar surface area (TPSA) is 101 Å². The van der Waals surface area contributed by atoms with Gasteiger partial charge in [0, 0.05) is 18.3 Å². The van der Waals surface area contributed by atoms with Crippen LogP contribution in [0.3, 0.4) is 0 Å². The van der Waals surface area contributed by atoms with Gasteiger partial charge in [-0.05, 0) is 31.5 Å². The summed E-state index contributed by atoms with van der Waals surface area (Å²) in [5.41, 5.74) is 7.52. The molecule has 6 heteroatoms. The average molecular weight is 284 g/mol. The largest absolute Gasteiger partial charge is 0.463 e. The fourth-order valence-corrected chi connectivity index (χ4v) is 2.44. The van der Waals surface area contributed by atoms with Gasteiger partial charge in [0.15, 0.2) is 0 Å². The molecular formula is C15H16N4O2. The number of aliphatic imine (C=N–C) groups is 1. The fraction of sp³-hybridized carbons (Fsp3) is 0.333. The first-order chi connectivity index (χ1) is 10.1. The van der Waals surface area contributed by atoms with Crippen LogP contribution in [-0.2, 0) is 9.53 Å². The molecule has 2 rings (SSSR count). The molecule has 0 saturated heterocycles. The van der Waals surface area contributed by atoms with E-state index in [9.17, 15) is 10.1 Å². The van der Waals surface area contributed by atoms with Gasteiger partial charge in [-0.2, -0.15) is 5.26 Å². The lowest BCUT2D eigenvalue weighted by molar-refractivity contribution is -0.139. The van der Waals surface area contributed by atoms with Crippen molar-refractivity contribution in [2.24, 2.45) is 16.6 Å². The van der Waals surface area contributed by atoms with Crippen LogP contribution in [0.4, 0.5) is 0 Å². The number of carbonyl (C=O) groups excluding carboxylic acids is 1. The SMILES string of the molecule is CCOC(=O)C1=C(C)N=C(N)C(C#N)[C@@H]1c1ccncc1. The van der Waals surface area contributed by atoms with E-state index in [1.165, 1.54) is 0 Å². The highest BCUT2D eigenvalue weighted by atomic mass is 16.5. The molecule has 1 aliphatic rings. The highest BCUT2D eigenvalue weighted by Gasteiger charge is 2.38. The third kappa shape index (κ3) is 2.77.